The quantitative estimate of drug-likeness (QED) is 0.445. The Morgan fingerprint density at radius 3 is 2.51 bits per heavy atom. The summed E-state index contributed by atoms with van der Waals surface area (Å²) in [6, 6.07) is 22.2. The number of nitrogens with zero attached hydrogens (tertiary/aromatic N) is 1. The van der Waals surface area contributed by atoms with Crippen molar-refractivity contribution in [2.45, 2.75) is 58.4 Å². The van der Waals surface area contributed by atoms with Gasteiger partial charge in [-0.05, 0) is 80.2 Å². The molecule has 0 saturated heterocycles. The second-order valence-corrected chi connectivity index (χ2v) is 9.78. The van der Waals surface area contributed by atoms with Crippen LogP contribution in [0.25, 0.3) is 11.1 Å². The number of ketones is 1. The van der Waals surface area contributed by atoms with Gasteiger partial charge in [0.15, 0.2) is 5.78 Å². The van der Waals surface area contributed by atoms with Crippen molar-refractivity contribution in [3.63, 3.8) is 0 Å². The Labute approximate surface area is 208 Å². The molecule has 1 aromatic heterocycles. The zero-order chi connectivity index (χ0) is 24.8. The molecular formula is C30H35N3O2. The molecule has 2 aromatic carbocycles. The van der Waals surface area contributed by atoms with Gasteiger partial charge in [0.25, 0.3) is 0 Å². The number of aryl methyl sites for hydroxylation is 2. The molecule has 1 fully saturated rings. The number of nitrogens with one attached hydrogen (secondary N) is 1. The third-order valence-electron chi connectivity index (χ3n) is 7.22. The molecule has 182 valence electrons. The second kappa shape index (κ2) is 11.3. The molecule has 35 heavy (non-hydrogen) atoms. The number of amides is 1. The number of pyridine rings is 1. The molecule has 1 saturated carbocycles. The largest absolute Gasteiger partial charge is 0.384 e. The molecule has 4 rings (SSSR count). The van der Waals surface area contributed by atoms with Crippen LogP contribution in [-0.4, -0.2) is 22.7 Å². The van der Waals surface area contributed by atoms with Gasteiger partial charge in [0.2, 0.25) is 5.91 Å². The summed E-state index contributed by atoms with van der Waals surface area (Å²) in [4.78, 5) is 29.8. The first-order valence-electron chi connectivity index (χ1n) is 12.6. The summed E-state index contributed by atoms with van der Waals surface area (Å²) in [5.74, 6) is 0.984. The lowest BCUT2D eigenvalue weighted by atomic mass is 9.91. The number of carbonyl (C=O) groups excluding carboxylic acids is 2. The van der Waals surface area contributed by atoms with Crippen LogP contribution in [0, 0.1) is 18.8 Å². The number of hydrogen-bond donors (Lipinski definition) is 2. The molecule has 3 N–H and O–H groups in total. The number of nitrogens with two attached hydrogens (primary N) is 1. The lowest BCUT2D eigenvalue weighted by Gasteiger charge is -2.17. The first-order chi connectivity index (χ1) is 16.9. The topological polar surface area (TPSA) is 85.1 Å². The minimum absolute atomic E-state index is 0.00928. The fourth-order valence-corrected chi connectivity index (χ4v) is 5.17. The molecule has 0 radical (unpaired) electrons. The van der Waals surface area contributed by atoms with Crippen LogP contribution in [0.2, 0.25) is 0 Å². The van der Waals surface area contributed by atoms with Gasteiger partial charge in [-0.25, -0.2) is 4.98 Å². The maximum absolute atomic E-state index is 12.9. The van der Waals surface area contributed by atoms with E-state index in [2.05, 4.69) is 58.8 Å². The van der Waals surface area contributed by atoms with Gasteiger partial charge < -0.3 is 11.1 Å². The average Bonchev–Trinajstić information content (AvgIpc) is 3.33. The summed E-state index contributed by atoms with van der Waals surface area (Å²) >= 11 is 0. The number of Topliss-reactive ketones (excluding diaryl/α,β-unsaturated/α-hetero) is 1. The Balaban J connectivity index is 1.28. The maximum Gasteiger partial charge on any atom is 0.223 e. The minimum Gasteiger partial charge on any atom is -0.384 e. The Hall–Kier alpha value is -3.47. The van der Waals surface area contributed by atoms with Crippen LogP contribution in [0.4, 0.5) is 5.82 Å². The van der Waals surface area contributed by atoms with E-state index in [1.54, 1.807) is 13.0 Å². The molecule has 1 heterocycles. The van der Waals surface area contributed by atoms with Crippen LogP contribution >= 0.6 is 0 Å². The van der Waals surface area contributed by atoms with Crippen LogP contribution in [0.3, 0.4) is 0 Å². The first-order valence-corrected chi connectivity index (χ1v) is 12.6. The van der Waals surface area contributed by atoms with Crippen LogP contribution in [0.1, 0.15) is 49.4 Å². The van der Waals surface area contributed by atoms with Gasteiger partial charge in [0, 0.05) is 18.0 Å². The predicted octanol–water partition coefficient (Wildman–Crippen LogP) is 5.30. The smallest absolute Gasteiger partial charge is 0.223 e. The highest BCUT2D eigenvalue weighted by molar-refractivity contribution is 5.89. The Bertz CT molecular complexity index is 1180. The standard InChI is InChI=1S/C30H35N3O2/c1-20-23(15-17-29(31)32-20)14-16-28(34)21(2)33-30(35)26-13-12-22(19-26)18-25-10-6-7-11-27(25)24-8-4-3-5-9-24/h3-11,15,17,21-22,26H,12-14,16,18-19H2,1-2H3,(H2,31,32)(H,33,35)/t21-,22-,26+/m0/s1. The summed E-state index contributed by atoms with van der Waals surface area (Å²) in [6.45, 7) is 3.69. The summed E-state index contributed by atoms with van der Waals surface area (Å²) in [5.41, 5.74) is 11.4. The van der Waals surface area contributed by atoms with Gasteiger partial charge >= 0.3 is 0 Å². The Morgan fingerprint density at radius 1 is 1.00 bits per heavy atom. The Morgan fingerprint density at radius 2 is 1.74 bits per heavy atom. The normalized spacial score (nSPS) is 18.2. The lowest BCUT2D eigenvalue weighted by molar-refractivity contribution is -0.129. The van der Waals surface area contributed by atoms with Crippen LogP contribution < -0.4 is 11.1 Å². The van der Waals surface area contributed by atoms with Gasteiger partial charge in [-0.3, -0.25) is 9.59 Å². The molecule has 1 amide bonds. The zero-order valence-electron chi connectivity index (χ0n) is 20.7. The van der Waals surface area contributed by atoms with Gasteiger partial charge in [0.05, 0.1) is 6.04 Å². The van der Waals surface area contributed by atoms with Crippen molar-refractivity contribution in [2.75, 3.05) is 5.73 Å². The van der Waals surface area contributed by atoms with E-state index < -0.39 is 6.04 Å². The van der Waals surface area contributed by atoms with E-state index in [9.17, 15) is 9.59 Å². The van der Waals surface area contributed by atoms with Crippen molar-refractivity contribution in [3.8, 4) is 11.1 Å². The number of rotatable bonds is 9. The van der Waals surface area contributed by atoms with Crippen LogP contribution in [-0.2, 0) is 22.4 Å². The molecular weight excluding hydrogens is 434 g/mol. The molecule has 1 aliphatic carbocycles. The highest BCUT2D eigenvalue weighted by atomic mass is 16.2. The molecule has 0 spiro atoms. The molecule has 0 bridgehead atoms. The number of aromatic nitrogens is 1. The Kier molecular flexibility index (Phi) is 7.96. The zero-order valence-corrected chi connectivity index (χ0v) is 20.7. The average molecular weight is 470 g/mol. The summed E-state index contributed by atoms with van der Waals surface area (Å²) in [7, 11) is 0. The van der Waals surface area contributed by atoms with E-state index in [0.717, 1.165) is 36.9 Å². The summed E-state index contributed by atoms with van der Waals surface area (Å²) in [5, 5.41) is 2.98. The molecule has 3 atom stereocenters. The number of nitrogen functional groups attached to an aromatic ring is 1. The van der Waals surface area contributed by atoms with E-state index in [1.165, 1.54) is 16.7 Å². The second-order valence-electron chi connectivity index (χ2n) is 9.78. The van der Waals surface area contributed by atoms with Crippen molar-refractivity contribution < 1.29 is 9.59 Å². The number of anilines is 1. The minimum atomic E-state index is -0.484. The van der Waals surface area contributed by atoms with E-state index >= 15 is 0 Å². The SMILES string of the molecule is Cc1nc(N)ccc1CCC(=O)[C@H](C)NC(=O)[C@@H]1CC[C@@H](Cc2ccccc2-c2ccccc2)C1. The molecule has 1 aliphatic rings. The third-order valence-corrected chi connectivity index (χ3v) is 7.22. The van der Waals surface area contributed by atoms with E-state index in [4.69, 9.17) is 5.73 Å². The lowest BCUT2D eigenvalue weighted by Crippen LogP contribution is -2.41. The third kappa shape index (κ3) is 6.36. The molecule has 0 aliphatic heterocycles. The van der Waals surface area contributed by atoms with Gasteiger partial charge in [0.1, 0.15) is 5.82 Å². The fourth-order valence-electron chi connectivity index (χ4n) is 5.17. The van der Waals surface area contributed by atoms with E-state index in [0.29, 0.717) is 24.6 Å². The molecule has 5 heteroatoms. The molecule has 0 unspecified atom stereocenters. The van der Waals surface area contributed by atoms with Crippen LogP contribution in [0.5, 0.6) is 0 Å². The predicted molar refractivity (Wildman–Crippen MR) is 141 cm³/mol. The highest BCUT2D eigenvalue weighted by Gasteiger charge is 2.31. The molecule has 5 nitrogen and oxygen atoms in total. The number of hydrogen-bond acceptors (Lipinski definition) is 4. The van der Waals surface area contributed by atoms with Crippen molar-refractivity contribution in [3.05, 3.63) is 83.6 Å². The summed E-state index contributed by atoms with van der Waals surface area (Å²) in [6.07, 6.45) is 4.72. The highest BCUT2D eigenvalue weighted by Crippen LogP contribution is 2.35. The molecule has 3 aromatic rings. The van der Waals surface area contributed by atoms with Crippen LogP contribution in [0.15, 0.2) is 66.7 Å². The monoisotopic (exact) mass is 469 g/mol. The first kappa shape index (κ1) is 24.6. The number of benzene rings is 2. The maximum atomic E-state index is 12.9. The van der Waals surface area contributed by atoms with Crippen molar-refractivity contribution in [1.82, 2.24) is 10.3 Å². The van der Waals surface area contributed by atoms with Crippen molar-refractivity contribution >= 4 is 17.5 Å². The van der Waals surface area contributed by atoms with Crippen molar-refractivity contribution in [1.29, 1.82) is 0 Å². The van der Waals surface area contributed by atoms with Gasteiger partial charge in [-0.1, -0.05) is 60.7 Å². The summed E-state index contributed by atoms with van der Waals surface area (Å²) < 4.78 is 0. The van der Waals surface area contributed by atoms with Gasteiger partial charge in [-0.2, -0.15) is 0 Å². The fraction of sp³-hybridized carbons (Fsp3) is 0.367. The van der Waals surface area contributed by atoms with E-state index in [1.807, 2.05) is 19.1 Å². The van der Waals surface area contributed by atoms with Gasteiger partial charge in [-0.15, -0.1) is 0 Å². The number of carbonyl (C=O) groups is 2. The van der Waals surface area contributed by atoms with E-state index in [-0.39, 0.29) is 17.6 Å². The van der Waals surface area contributed by atoms with Crippen molar-refractivity contribution in [2.24, 2.45) is 11.8 Å².